The molecule has 0 bridgehead atoms. The van der Waals surface area contributed by atoms with E-state index in [1.54, 1.807) is 6.20 Å². The van der Waals surface area contributed by atoms with Crippen LogP contribution in [-0.2, 0) is 17.5 Å². The summed E-state index contributed by atoms with van der Waals surface area (Å²) in [7, 11) is 0. The summed E-state index contributed by atoms with van der Waals surface area (Å²) in [5.41, 5.74) is 3.47. The van der Waals surface area contributed by atoms with Crippen molar-refractivity contribution in [1.82, 2.24) is 15.2 Å². The van der Waals surface area contributed by atoms with Gasteiger partial charge in [0, 0.05) is 38.0 Å². The van der Waals surface area contributed by atoms with Crippen molar-refractivity contribution in [2.45, 2.75) is 25.6 Å². The standard InChI is InChI=1S/C26H22ClF3N4O2/c27-24-20-13-18(3-6-21(20)31-14-22(24)34-12-9-23(35)32-25(34)36)17-7-10-33(11-8-17)15-16-1-4-19(5-2-16)26(28,29)30/h1-7,13-14H,8-12,15H2,(H,32,35,36). The number of halogens is 4. The molecule has 186 valence electrons. The number of alkyl halides is 3. The number of nitrogens with one attached hydrogen (secondary N) is 1. The van der Waals surface area contributed by atoms with E-state index in [2.05, 4.69) is 21.3 Å². The van der Waals surface area contributed by atoms with Gasteiger partial charge in [0.25, 0.3) is 0 Å². The summed E-state index contributed by atoms with van der Waals surface area (Å²) in [6, 6.07) is 10.6. The fraction of sp³-hybridized carbons (Fsp3) is 0.269. The minimum absolute atomic E-state index is 0.190. The second-order valence-corrected chi connectivity index (χ2v) is 9.23. The number of carbonyl (C=O) groups excluding carboxylic acids is 2. The fourth-order valence-corrected chi connectivity index (χ4v) is 4.81. The zero-order valence-electron chi connectivity index (χ0n) is 19.1. The second kappa shape index (κ2) is 9.55. The summed E-state index contributed by atoms with van der Waals surface area (Å²) in [5, 5.41) is 3.40. The molecule has 3 aromatic rings. The molecule has 0 spiro atoms. The van der Waals surface area contributed by atoms with Gasteiger partial charge in [-0.3, -0.25) is 24.9 Å². The number of benzene rings is 2. The molecule has 5 rings (SSSR count). The maximum Gasteiger partial charge on any atom is 0.416 e. The summed E-state index contributed by atoms with van der Waals surface area (Å²) < 4.78 is 38.4. The van der Waals surface area contributed by atoms with E-state index in [0.29, 0.717) is 34.7 Å². The second-order valence-electron chi connectivity index (χ2n) is 8.85. The molecule has 1 saturated heterocycles. The Bertz CT molecular complexity index is 1370. The third-order valence-corrected chi connectivity index (χ3v) is 6.88. The van der Waals surface area contributed by atoms with Crippen LogP contribution in [0.3, 0.4) is 0 Å². The van der Waals surface area contributed by atoms with Gasteiger partial charge in [-0.05, 0) is 47.4 Å². The van der Waals surface area contributed by atoms with Gasteiger partial charge < -0.3 is 0 Å². The lowest BCUT2D eigenvalue weighted by Gasteiger charge is -2.28. The van der Waals surface area contributed by atoms with Crippen LogP contribution in [0.15, 0.2) is 54.7 Å². The van der Waals surface area contributed by atoms with E-state index in [0.717, 1.165) is 41.8 Å². The van der Waals surface area contributed by atoms with Gasteiger partial charge in [0.15, 0.2) is 0 Å². The molecular formula is C26H22ClF3N4O2. The van der Waals surface area contributed by atoms with Crippen LogP contribution in [0.25, 0.3) is 16.5 Å². The van der Waals surface area contributed by atoms with E-state index < -0.39 is 17.8 Å². The Labute approximate surface area is 210 Å². The number of anilines is 1. The monoisotopic (exact) mass is 514 g/mol. The highest BCUT2D eigenvalue weighted by Gasteiger charge is 2.30. The fourth-order valence-electron chi connectivity index (χ4n) is 4.51. The SMILES string of the molecule is O=C1CCN(c2cnc3ccc(C4=CCN(Cc5ccc(C(F)(F)F)cc5)CC4)cc3c2Cl)C(=O)N1. The highest BCUT2D eigenvalue weighted by atomic mass is 35.5. The molecule has 3 amide bonds. The number of urea groups is 1. The summed E-state index contributed by atoms with van der Waals surface area (Å²) in [5.74, 6) is -0.319. The van der Waals surface area contributed by atoms with Crippen LogP contribution in [-0.4, -0.2) is 41.5 Å². The summed E-state index contributed by atoms with van der Waals surface area (Å²) in [6.45, 7) is 2.23. The third-order valence-electron chi connectivity index (χ3n) is 6.48. The van der Waals surface area contributed by atoms with Crippen molar-refractivity contribution in [3.05, 3.63) is 76.5 Å². The number of imide groups is 1. The Kier molecular flexibility index (Phi) is 6.44. The van der Waals surface area contributed by atoms with Gasteiger partial charge >= 0.3 is 12.2 Å². The molecule has 3 heterocycles. The molecule has 1 N–H and O–H groups in total. The quantitative estimate of drug-likeness (QED) is 0.489. The number of rotatable bonds is 4. The highest BCUT2D eigenvalue weighted by molar-refractivity contribution is 6.38. The number of hydrogen-bond acceptors (Lipinski definition) is 4. The molecule has 2 aliphatic rings. The molecule has 0 saturated carbocycles. The smallest absolute Gasteiger partial charge is 0.295 e. The molecule has 1 fully saturated rings. The Balaban J connectivity index is 1.32. The average Bonchev–Trinajstić information content (AvgIpc) is 2.85. The van der Waals surface area contributed by atoms with Gasteiger partial charge in [-0.15, -0.1) is 0 Å². The molecular weight excluding hydrogens is 493 g/mol. The van der Waals surface area contributed by atoms with Crippen LogP contribution in [0.1, 0.15) is 29.5 Å². The number of nitrogens with zero attached hydrogens (tertiary/aromatic N) is 3. The van der Waals surface area contributed by atoms with Crippen LogP contribution in [0.2, 0.25) is 5.02 Å². The number of hydrogen-bond donors (Lipinski definition) is 1. The van der Waals surface area contributed by atoms with E-state index in [1.807, 2.05) is 18.2 Å². The molecule has 10 heteroatoms. The van der Waals surface area contributed by atoms with Gasteiger partial charge in [0.05, 0.1) is 28.0 Å². The maximum atomic E-state index is 12.8. The molecule has 0 unspecified atom stereocenters. The first-order valence-corrected chi connectivity index (χ1v) is 11.8. The van der Waals surface area contributed by atoms with Crippen molar-refractivity contribution in [2.75, 3.05) is 24.5 Å². The predicted octanol–water partition coefficient (Wildman–Crippen LogP) is 5.64. The van der Waals surface area contributed by atoms with Crippen LogP contribution in [0.4, 0.5) is 23.7 Å². The number of fused-ring (bicyclic) bond motifs is 1. The van der Waals surface area contributed by atoms with Crippen LogP contribution >= 0.6 is 11.6 Å². The van der Waals surface area contributed by atoms with Gasteiger partial charge in [-0.25, -0.2) is 4.79 Å². The molecule has 2 aromatic carbocycles. The van der Waals surface area contributed by atoms with E-state index >= 15 is 0 Å². The minimum Gasteiger partial charge on any atom is -0.295 e. The molecule has 0 aliphatic carbocycles. The first-order chi connectivity index (χ1) is 17.2. The van der Waals surface area contributed by atoms with Crippen molar-refractivity contribution in [3.63, 3.8) is 0 Å². The topological polar surface area (TPSA) is 65.5 Å². The summed E-state index contributed by atoms with van der Waals surface area (Å²) >= 11 is 6.70. The largest absolute Gasteiger partial charge is 0.416 e. The normalized spacial score (nSPS) is 17.3. The Hall–Kier alpha value is -3.43. The predicted molar refractivity (Wildman–Crippen MR) is 132 cm³/mol. The molecule has 1 aromatic heterocycles. The van der Waals surface area contributed by atoms with Crippen LogP contribution in [0.5, 0.6) is 0 Å². The lowest BCUT2D eigenvalue weighted by atomic mass is 9.97. The van der Waals surface area contributed by atoms with E-state index in [-0.39, 0.29) is 18.9 Å². The van der Waals surface area contributed by atoms with E-state index in [9.17, 15) is 22.8 Å². The molecule has 36 heavy (non-hydrogen) atoms. The lowest BCUT2D eigenvalue weighted by Crippen LogP contribution is -2.49. The average molecular weight is 515 g/mol. The summed E-state index contributed by atoms with van der Waals surface area (Å²) in [6.07, 6.45) is 0.283. The summed E-state index contributed by atoms with van der Waals surface area (Å²) in [4.78, 5) is 31.8. The maximum absolute atomic E-state index is 12.8. The van der Waals surface area contributed by atoms with Crippen LogP contribution < -0.4 is 10.2 Å². The minimum atomic E-state index is -4.33. The number of carbonyl (C=O) groups is 2. The van der Waals surface area contributed by atoms with Gasteiger partial charge in [-0.1, -0.05) is 35.9 Å². The molecule has 0 radical (unpaired) electrons. The Morgan fingerprint density at radius 3 is 2.47 bits per heavy atom. The lowest BCUT2D eigenvalue weighted by molar-refractivity contribution is -0.137. The van der Waals surface area contributed by atoms with Crippen molar-refractivity contribution in [1.29, 1.82) is 0 Å². The van der Waals surface area contributed by atoms with Crippen molar-refractivity contribution in [2.24, 2.45) is 0 Å². The molecule has 2 aliphatic heterocycles. The van der Waals surface area contributed by atoms with Crippen LogP contribution in [0, 0.1) is 0 Å². The first kappa shape index (κ1) is 24.3. The number of aromatic nitrogens is 1. The highest BCUT2D eigenvalue weighted by Crippen LogP contribution is 2.35. The van der Waals surface area contributed by atoms with Gasteiger partial charge in [0.1, 0.15) is 0 Å². The van der Waals surface area contributed by atoms with Crippen molar-refractivity contribution >= 4 is 45.7 Å². The van der Waals surface area contributed by atoms with E-state index in [4.69, 9.17) is 11.6 Å². The third kappa shape index (κ3) is 4.94. The number of pyridine rings is 1. The Morgan fingerprint density at radius 1 is 1.03 bits per heavy atom. The van der Waals surface area contributed by atoms with E-state index in [1.165, 1.54) is 17.0 Å². The molecule has 6 nitrogen and oxygen atoms in total. The zero-order valence-corrected chi connectivity index (χ0v) is 19.9. The Morgan fingerprint density at radius 2 is 1.81 bits per heavy atom. The van der Waals surface area contributed by atoms with Crippen molar-refractivity contribution < 1.29 is 22.8 Å². The molecule has 0 atom stereocenters. The van der Waals surface area contributed by atoms with Crippen molar-refractivity contribution in [3.8, 4) is 0 Å². The van der Waals surface area contributed by atoms with Gasteiger partial charge in [0.2, 0.25) is 5.91 Å². The first-order valence-electron chi connectivity index (χ1n) is 11.5. The van der Waals surface area contributed by atoms with Gasteiger partial charge in [-0.2, -0.15) is 13.2 Å². The number of amides is 3. The zero-order chi connectivity index (χ0) is 25.4.